The van der Waals surface area contributed by atoms with Gasteiger partial charge in [0.25, 0.3) is 0 Å². The van der Waals surface area contributed by atoms with Crippen molar-refractivity contribution in [2.75, 3.05) is 31.1 Å². The molecule has 34 heavy (non-hydrogen) atoms. The van der Waals surface area contributed by atoms with Gasteiger partial charge in [-0.3, -0.25) is 4.79 Å². The van der Waals surface area contributed by atoms with Crippen molar-refractivity contribution in [2.24, 2.45) is 5.41 Å². The van der Waals surface area contributed by atoms with Crippen LogP contribution in [-0.4, -0.2) is 51.8 Å². The summed E-state index contributed by atoms with van der Waals surface area (Å²) in [6.45, 7) is 12.7. The first-order valence-corrected chi connectivity index (χ1v) is 13.4. The van der Waals surface area contributed by atoms with Crippen LogP contribution in [0, 0.1) is 16.7 Å². The van der Waals surface area contributed by atoms with Crippen LogP contribution in [0.4, 0.5) is 0 Å². The molecule has 2 heterocycles. The van der Waals surface area contributed by atoms with Gasteiger partial charge in [0.05, 0.1) is 6.20 Å². The van der Waals surface area contributed by atoms with Crippen LogP contribution in [0.3, 0.4) is 0 Å². The predicted octanol–water partition coefficient (Wildman–Crippen LogP) is 5.63. The van der Waals surface area contributed by atoms with Gasteiger partial charge in [-0.25, -0.2) is 4.98 Å². The van der Waals surface area contributed by atoms with Gasteiger partial charge < -0.3 is 9.88 Å². The molecule has 0 amide bonds. The van der Waals surface area contributed by atoms with E-state index >= 15 is 0 Å². The lowest BCUT2D eigenvalue weighted by Crippen LogP contribution is -2.41. The van der Waals surface area contributed by atoms with E-state index in [1.54, 1.807) is 0 Å². The topological polar surface area (TPSA) is 72.8 Å². The number of aromatic nitrogens is 2. The number of hydrogen-bond donors (Lipinski definition) is 1. The van der Waals surface area contributed by atoms with Crippen LogP contribution in [0.15, 0.2) is 30.5 Å². The Balaban J connectivity index is 1.64. The van der Waals surface area contributed by atoms with Crippen molar-refractivity contribution in [3.8, 4) is 6.07 Å². The van der Waals surface area contributed by atoms with Crippen molar-refractivity contribution in [1.82, 2.24) is 14.9 Å². The number of H-pyrrole nitrogens is 1. The summed E-state index contributed by atoms with van der Waals surface area (Å²) in [4.78, 5) is 22.5. The van der Waals surface area contributed by atoms with Gasteiger partial charge in [-0.1, -0.05) is 52.0 Å². The molecule has 2 aromatic rings. The van der Waals surface area contributed by atoms with E-state index in [4.69, 9.17) is 5.26 Å². The van der Waals surface area contributed by atoms with Crippen molar-refractivity contribution in [3.05, 3.63) is 58.7 Å². The van der Waals surface area contributed by atoms with Crippen molar-refractivity contribution in [2.45, 2.75) is 58.8 Å². The van der Waals surface area contributed by atoms with Crippen molar-refractivity contribution >= 4 is 23.1 Å². The molecule has 0 spiro atoms. The number of nitrogens with zero attached hydrogens (tertiary/aromatic N) is 3. The quantitative estimate of drug-likeness (QED) is 0.525. The van der Waals surface area contributed by atoms with Crippen molar-refractivity contribution < 1.29 is 4.79 Å². The maximum Gasteiger partial charge on any atom is 0.202 e. The third-order valence-electron chi connectivity index (χ3n) is 7.24. The number of rotatable bonds is 7. The molecular formula is C28H36N4OS. The average molecular weight is 477 g/mol. The van der Waals surface area contributed by atoms with E-state index in [-0.39, 0.29) is 23.4 Å². The number of nitriles is 1. The van der Waals surface area contributed by atoms with Gasteiger partial charge in [0.1, 0.15) is 11.8 Å². The number of imidazole rings is 1. The number of carbonyl (C=O) groups is 1. The fraction of sp³-hybridized carbons (Fsp3) is 0.536. The zero-order chi connectivity index (χ0) is 24.3. The standard InChI is InChI=1S/C28H36N4OS/c1-27(2)9-7-20(8-10-27)24-16-22(28(3,4)19-32-11-13-34-14-12-32)6-5-21(24)15-25(33)26-30-18-23(17-29)31-26/h5-7,16,18H,8-15,19H2,1-4H3,(H,30,31). The first kappa shape index (κ1) is 24.8. The molecule has 5 nitrogen and oxygen atoms in total. The third kappa shape index (κ3) is 5.82. The number of thioether (sulfide) groups is 1. The maximum atomic E-state index is 13.0. The Kier molecular flexibility index (Phi) is 7.35. The molecule has 4 rings (SSSR count). The Morgan fingerprint density at radius 2 is 2.06 bits per heavy atom. The van der Waals surface area contributed by atoms with Crippen LogP contribution in [0.5, 0.6) is 0 Å². The highest BCUT2D eigenvalue weighted by Crippen LogP contribution is 2.40. The van der Waals surface area contributed by atoms with Crippen LogP contribution in [0.1, 0.15) is 80.0 Å². The molecule has 6 heteroatoms. The van der Waals surface area contributed by atoms with Gasteiger partial charge >= 0.3 is 0 Å². The highest BCUT2D eigenvalue weighted by molar-refractivity contribution is 7.99. The van der Waals surface area contributed by atoms with Crippen molar-refractivity contribution in [3.63, 3.8) is 0 Å². The zero-order valence-electron chi connectivity index (χ0n) is 20.9. The fourth-order valence-electron chi connectivity index (χ4n) is 4.96. The summed E-state index contributed by atoms with van der Waals surface area (Å²) in [7, 11) is 0. The number of aromatic amines is 1. The smallest absolute Gasteiger partial charge is 0.202 e. The molecule has 0 bridgehead atoms. The molecule has 1 aliphatic carbocycles. The molecule has 1 fully saturated rings. The van der Waals surface area contributed by atoms with Gasteiger partial charge in [-0.05, 0) is 46.9 Å². The number of carbonyl (C=O) groups excluding carboxylic acids is 1. The van der Waals surface area contributed by atoms with E-state index in [1.807, 2.05) is 17.8 Å². The molecule has 0 radical (unpaired) electrons. The Hall–Kier alpha value is -2.36. The highest BCUT2D eigenvalue weighted by Gasteiger charge is 2.28. The van der Waals surface area contributed by atoms with Crippen LogP contribution >= 0.6 is 11.8 Å². The van der Waals surface area contributed by atoms with Gasteiger partial charge in [0, 0.05) is 43.0 Å². The minimum atomic E-state index is -0.0858. The summed E-state index contributed by atoms with van der Waals surface area (Å²) in [6, 6.07) is 8.70. The molecule has 1 N–H and O–H groups in total. The first-order valence-electron chi connectivity index (χ1n) is 12.3. The Labute approximate surface area is 208 Å². The largest absolute Gasteiger partial charge is 0.327 e. The Morgan fingerprint density at radius 3 is 2.71 bits per heavy atom. The first-order chi connectivity index (χ1) is 16.2. The molecule has 1 aliphatic heterocycles. The lowest BCUT2D eigenvalue weighted by molar-refractivity contribution is 0.0984. The van der Waals surface area contributed by atoms with Gasteiger partial charge in [0.2, 0.25) is 5.78 Å². The average Bonchev–Trinajstić information content (AvgIpc) is 3.29. The second-order valence-electron chi connectivity index (χ2n) is 11.1. The molecule has 0 atom stereocenters. The number of allylic oxidation sites excluding steroid dienone is 2. The molecule has 180 valence electrons. The third-order valence-corrected chi connectivity index (χ3v) is 8.19. The summed E-state index contributed by atoms with van der Waals surface area (Å²) in [6.07, 6.45) is 7.31. The second kappa shape index (κ2) is 10.1. The normalized spacial score (nSPS) is 18.9. The van der Waals surface area contributed by atoms with E-state index in [1.165, 1.54) is 34.4 Å². The SMILES string of the molecule is CC1(C)CC=C(c2cc(C(C)(C)CN3CCSCC3)ccc2CC(=O)c2ncc(C#N)[nH]2)CC1. The summed E-state index contributed by atoms with van der Waals surface area (Å²) in [5.74, 6) is 2.60. The number of hydrogen-bond acceptors (Lipinski definition) is 5. The Morgan fingerprint density at radius 1 is 1.29 bits per heavy atom. The summed E-state index contributed by atoms with van der Waals surface area (Å²) in [5.41, 5.74) is 5.59. The van der Waals surface area contributed by atoms with Crippen LogP contribution in [-0.2, 0) is 11.8 Å². The Bertz CT molecular complexity index is 1120. The monoisotopic (exact) mass is 476 g/mol. The summed E-state index contributed by atoms with van der Waals surface area (Å²) >= 11 is 2.04. The number of ketones is 1. The van der Waals surface area contributed by atoms with Gasteiger partial charge in [-0.2, -0.15) is 17.0 Å². The molecule has 1 aromatic heterocycles. The minimum Gasteiger partial charge on any atom is -0.327 e. The molecule has 1 aromatic carbocycles. The predicted molar refractivity (Wildman–Crippen MR) is 140 cm³/mol. The van der Waals surface area contributed by atoms with Crippen LogP contribution in [0.2, 0.25) is 0 Å². The van der Waals surface area contributed by atoms with Crippen LogP contribution < -0.4 is 0 Å². The molecule has 2 aliphatic rings. The second-order valence-corrected chi connectivity index (χ2v) is 12.3. The molecular weight excluding hydrogens is 440 g/mol. The highest BCUT2D eigenvalue weighted by atomic mass is 32.2. The van der Waals surface area contributed by atoms with Gasteiger partial charge in [0.15, 0.2) is 5.82 Å². The van der Waals surface area contributed by atoms with E-state index in [0.717, 1.165) is 44.5 Å². The summed E-state index contributed by atoms with van der Waals surface area (Å²) < 4.78 is 0. The minimum absolute atomic E-state index is 0.0243. The lowest BCUT2D eigenvalue weighted by atomic mass is 9.75. The number of nitrogens with one attached hydrogen (secondary N) is 1. The van der Waals surface area contributed by atoms with E-state index < -0.39 is 0 Å². The zero-order valence-corrected chi connectivity index (χ0v) is 21.7. The van der Waals surface area contributed by atoms with Gasteiger partial charge in [-0.15, -0.1) is 0 Å². The van der Waals surface area contributed by atoms with E-state index in [0.29, 0.717) is 11.1 Å². The molecule has 0 saturated carbocycles. The summed E-state index contributed by atoms with van der Waals surface area (Å²) in [5, 5.41) is 9.06. The van der Waals surface area contributed by atoms with E-state index in [9.17, 15) is 4.79 Å². The number of benzene rings is 1. The maximum absolute atomic E-state index is 13.0. The van der Waals surface area contributed by atoms with Crippen molar-refractivity contribution in [1.29, 1.82) is 5.26 Å². The molecule has 0 unspecified atom stereocenters. The molecule has 1 saturated heterocycles. The number of Topliss-reactive ketones (excluding diaryl/α,β-unsaturated/α-hetero) is 1. The van der Waals surface area contributed by atoms with E-state index in [2.05, 4.69) is 66.8 Å². The lowest BCUT2D eigenvalue weighted by Gasteiger charge is -2.36. The fourth-order valence-corrected chi connectivity index (χ4v) is 5.94. The van der Waals surface area contributed by atoms with Crippen LogP contribution in [0.25, 0.3) is 5.57 Å².